The minimum atomic E-state index is 0.135. The number of rotatable bonds is 6. The number of nitrogens with one attached hydrogen (secondary N) is 1. The summed E-state index contributed by atoms with van der Waals surface area (Å²) < 4.78 is 0. The van der Waals surface area contributed by atoms with Gasteiger partial charge in [-0.15, -0.1) is 0 Å². The molecule has 0 saturated heterocycles. The second-order valence-corrected chi connectivity index (χ2v) is 6.22. The van der Waals surface area contributed by atoms with E-state index in [1.54, 1.807) is 0 Å². The third-order valence-electron chi connectivity index (χ3n) is 3.70. The molecule has 3 N–H and O–H groups in total. The van der Waals surface area contributed by atoms with Crippen LogP contribution in [0.3, 0.4) is 0 Å². The first-order valence-electron chi connectivity index (χ1n) is 6.87. The van der Waals surface area contributed by atoms with E-state index < -0.39 is 0 Å². The summed E-state index contributed by atoms with van der Waals surface area (Å²) in [6, 6.07) is 9.21. The Balaban J connectivity index is 2.66. The van der Waals surface area contributed by atoms with E-state index in [0.29, 0.717) is 18.5 Å². The molecule has 0 aliphatic carbocycles. The molecule has 2 nitrogen and oxygen atoms in total. The van der Waals surface area contributed by atoms with Crippen LogP contribution in [-0.4, -0.2) is 19.1 Å². The summed E-state index contributed by atoms with van der Waals surface area (Å²) in [4.78, 5) is 0. The lowest BCUT2D eigenvalue weighted by atomic mass is 9.84. The maximum atomic E-state index is 5.80. The zero-order chi connectivity index (χ0) is 13.8. The van der Waals surface area contributed by atoms with Gasteiger partial charge < -0.3 is 11.1 Å². The molecule has 0 aliphatic rings. The fourth-order valence-corrected chi connectivity index (χ4v) is 2.08. The quantitative estimate of drug-likeness (QED) is 0.812. The molecule has 1 atom stereocenters. The summed E-state index contributed by atoms with van der Waals surface area (Å²) in [6.07, 6.45) is 0. The predicted octanol–water partition coefficient (Wildman–Crippen LogP) is 2.85. The van der Waals surface area contributed by atoms with E-state index in [-0.39, 0.29) is 5.41 Å². The molecule has 0 radical (unpaired) electrons. The predicted molar refractivity (Wildman–Crippen MR) is 79.9 cm³/mol. The van der Waals surface area contributed by atoms with E-state index in [1.165, 1.54) is 11.1 Å². The monoisotopic (exact) mass is 248 g/mol. The summed E-state index contributed by atoms with van der Waals surface area (Å²) in [5.74, 6) is 0.573. The molecule has 18 heavy (non-hydrogen) atoms. The first-order chi connectivity index (χ1) is 8.36. The topological polar surface area (TPSA) is 38.0 Å². The zero-order valence-electron chi connectivity index (χ0n) is 12.5. The number of aryl methyl sites for hydroxylation is 1. The summed E-state index contributed by atoms with van der Waals surface area (Å²) in [5.41, 5.74) is 8.62. The molecular formula is C16H28N2. The highest BCUT2D eigenvalue weighted by molar-refractivity contribution is 5.27. The molecule has 1 rings (SSSR count). The number of hydrogen-bond donors (Lipinski definition) is 2. The van der Waals surface area contributed by atoms with Crippen molar-refractivity contribution >= 4 is 0 Å². The average Bonchev–Trinajstić information content (AvgIpc) is 2.29. The molecule has 2 heteroatoms. The third kappa shape index (κ3) is 4.11. The first kappa shape index (κ1) is 15.2. The van der Waals surface area contributed by atoms with Gasteiger partial charge in [-0.25, -0.2) is 0 Å². The Labute approximate surface area is 112 Å². The largest absolute Gasteiger partial charge is 0.329 e. The Morgan fingerprint density at radius 3 is 2.17 bits per heavy atom. The first-order valence-corrected chi connectivity index (χ1v) is 6.87. The molecule has 1 aromatic carbocycles. The Morgan fingerprint density at radius 2 is 1.72 bits per heavy atom. The van der Waals surface area contributed by atoms with Gasteiger partial charge in [0.15, 0.2) is 0 Å². The molecule has 0 spiro atoms. The van der Waals surface area contributed by atoms with Crippen molar-refractivity contribution in [2.45, 2.75) is 46.1 Å². The summed E-state index contributed by atoms with van der Waals surface area (Å²) in [5, 5.41) is 3.60. The fourth-order valence-electron chi connectivity index (χ4n) is 2.08. The van der Waals surface area contributed by atoms with Gasteiger partial charge >= 0.3 is 0 Å². The second-order valence-electron chi connectivity index (χ2n) is 6.22. The highest BCUT2D eigenvalue weighted by atomic mass is 14.9. The van der Waals surface area contributed by atoms with Gasteiger partial charge in [-0.3, -0.25) is 0 Å². The van der Waals surface area contributed by atoms with E-state index in [9.17, 15) is 0 Å². The van der Waals surface area contributed by atoms with E-state index in [0.717, 1.165) is 6.54 Å². The van der Waals surface area contributed by atoms with Crippen molar-refractivity contribution in [3.05, 3.63) is 35.4 Å². The van der Waals surface area contributed by atoms with Gasteiger partial charge in [-0.1, -0.05) is 57.5 Å². The maximum Gasteiger partial charge on any atom is 0.0213 e. The Hall–Kier alpha value is -0.860. The fraction of sp³-hybridized carbons (Fsp3) is 0.625. The van der Waals surface area contributed by atoms with Crippen molar-refractivity contribution < 1.29 is 0 Å². The standard InChI is InChI=1S/C16H28N2/c1-12(2)15(10-17)18-11-16(4,5)14-8-6-13(3)7-9-14/h6-9,12,15,18H,10-11,17H2,1-5H3. The molecule has 102 valence electrons. The van der Waals surface area contributed by atoms with Crippen molar-refractivity contribution in [1.29, 1.82) is 0 Å². The zero-order valence-corrected chi connectivity index (χ0v) is 12.5. The SMILES string of the molecule is Cc1ccc(C(C)(C)CNC(CN)C(C)C)cc1. The molecule has 0 saturated carbocycles. The van der Waals surface area contributed by atoms with Crippen molar-refractivity contribution in [2.75, 3.05) is 13.1 Å². The highest BCUT2D eigenvalue weighted by Gasteiger charge is 2.22. The van der Waals surface area contributed by atoms with Gasteiger partial charge in [0.2, 0.25) is 0 Å². The van der Waals surface area contributed by atoms with Crippen LogP contribution in [0.1, 0.15) is 38.8 Å². The van der Waals surface area contributed by atoms with Crippen LogP contribution in [-0.2, 0) is 5.41 Å². The second kappa shape index (κ2) is 6.35. The lowest BCUT2D eigenvalue weighted by Gasteiger charge is -2.30. The molecular weight excluding hydrogens is 220 g/mol. The highest BCUT2D eigenvalue weighted by Crippen LogP contribution is 2.23. The van der Waals surface area contributed by atoms with Gasteiger partial charge in [-0.05, 0) is 18.4 Å². The van der Waals surface area contributed by atoms with Crippen molar-refractivity contribution in [3.8, 4) is 0 Å². The number of hydrogen-bond acceptors (Lipinski definition) is 2. The summed E-state index contributed by atoms with van der Waals surface area (Å²) in [7, 11) is 0. The number of nitrogens with two attached hydrogens (primary N) is 1. The minimum absolute atomic E-state index is 0.135. The summed E-state index contributed by atoms with van der Waals surface area (Å²) >= 11 is 0. The number of benzene rings is 1. The van der Waals surface area contributed by atoms with Crippen molar-refractivity contribution in [3.63, 3.8) is 0 Å². The van der Waals surface area contributed by atoms with Crippen LogP contribution in [0.5, 0.6) is 0 Å². The lowest BCUT2D eigenvalue weighted by Crippen LogP contribution is -2.45. The van der Waals surface area contributed by atoms with Crippen LogP contribution < -0.4 is 11.1 Å². The Morgan fingerprint density at radius 1 is 1.17 bits per heavy atom. The molecule has 0 amide bonds. The van der Waals surface area contributed by atoms with Crippen LogP contribution in [0.15, 0.2) is 24.3 Å². The van der Waals surface area contributed by atoms with Crippen LogP contribution in [0.2, 0.25) is 0 Å². The van der Waals surface area contributed by atoms with Crippen LogP contribution in [0.4, 0.5) is 0 Å². The van der Waals surface area contributed by atoms with E-state index >= 15 is 0 Å². The van der Waals surface area contributed by atoms with Gasteiger partial charge in [0.05, 0.1) is 0 Å². The molecule has 0 heterocycles. The molecule has 0 aromatic heterocycles. The molecule has 1 aromatic rings. The Kier molecular flexibility index (Phi) is 5.36. The van der Waals surface area contributed by atoms with Gasteiger partial charge in [-0.2, -0.15) is 0 Å². The van der Waals surface area contributed by atoms with Gasteiger partial charge in [0.1, 0.15) is 0 Å². The van der Waals surface area contributed by atoms with E-state index in [4.69, 9.17) is 5.73 Å². The Bertz CT molecular complexity index is 352. The van der Waals surface area contributed by atoms with E-state index in [2.05, 4.69) is 64.2 Å². The normalized spacial score (nSPS) is 13.9. The van der Waals surface area contributed by atoms with Crippen LogP contribution in [0, 0.1) is 12.8 Å². The molecule has 0 aliphatic heterocycles. The maximum absolute atomic E-state index is 5.80. The molecule has 0 bridgehead atoms. The van der Waals surface area contributed by atoms with E-state index in [1.807, 2.05) is 0 Å². The van der Waals surface area contributed by atoms with Crippen molar-refractivity contribution in [2.24, 2.45) is 11.7 Å². The third-order valence-corrected chi connectivity index (χ3v) is 3.70. The smallest absolute Gasteiger partial charge is 0.0213 e. The van der Waals surface area contributed by atoms with Crippen LogP contribution in [0.25, 0.3) is 0 Å². The van der Waals surface area contributed by atoms with Crippen molar-refractivity contribution in [1.82, 2.24) is 5.32 Å². The summed E-state index contributed by atoms with van der Waals surface area (Å²) in [6.45, 7) is 12.7. The van der Waals surface area contributed by atoms with Gasteiger partial charge in [0, 0.05) is 24.5 Å². The lowest BCUT2D eigenvalue weighted by molar-refractivity contribution is 0.360. The molecule has 0 fully saturated rings. The minimum Gasteiger partial charge on any atom is -0.329 e. The average molecular weight is 248 g/mol. The van der Waals surface area contributed by atoms with Crippen LogP contribution >= 0.6 is 0 Å². The molecule has 1 unspecified atom stereocenters. The van der Waals surface area contributed by atoms with Gasteiger partial charge in [0.25, 0.3) is 0 Å².